The molecule has 1 rings (SSSR count). The average Bonchev–Trinajstić information content (AvgIpc) is 2.06. The Morgan fingerprint density at radius 3 is 3.09 bits per heavy atom. The van der Waals surface area contributed by atoms with E-state index >= 15 is 0 Å². The molecule has 0 fully saturated rings. The van der Waals surface area contributed by atoms with Crippen LogP contribution in [0.1, 0.15) is 11.1 Å². The van der Waals surface area contributed by atoms with Gasteiger partial charge in [-0.15, -0.1) is 0 Å². The number of pyridine rings is 1. The summed E-state index contributed by atoms with van der Waals surface area (Å²) < 4.78 is 0. The Labute approximate surface area is 64.2 Å². The zero-order valence-electron chi connectivity index (χ0n) is 5.82. The monoisotopic (exact) mass is 149 g/mol. The van der Waals surface area contributed by atoms with Crippen molar-refractivity contribution >= 4 is 0 Å². The van der Waals surface area contributed by atoms with Crippen molar-refractivity contribution in [1.29, 1.82) is 5.26 Å². The summed E-state index contributed by atoms with van der Waals surface area (Å²) in [5.74, 6) is 4.84. The van der Waals surface area contributed by atoms with Gasteiger partial charge in [0.15, 0.2) is 0 Å². The van der Waals surface area contributed by atoms with Gasteiger partial charge in [-0.05, 0) is 11.6 Å². The highest BCUT2D eigenvalue weighted by Gasteiger charge is 1.94. The standard InChI is InChI=1S/C7H7N3O/c8-2-6-1-7(5-11-9)4-10-3-6/h1,3-4H,5,9H2. The van der Waals surface area contributed by atoms with Crippen molar-refractivity contribution < 1.29 is 4.84 Å². The van der Waals surface area contributed by atoms with Crippen LogP contribution in [0.15, 0.2) is 18.5 Å². The minimum atomic E-state index is 0.280. The summed E-state index contributed by atoms with van der Waals surface area (Å²) in [6.07, 6.45) is 3.09. The van der Waals surface area contributed by atoms with Crippen LogP contribution in [0.3, 0.4) is 0 Å². The van der Waals surface area contributed by atoms with Gasteiger partial charge in [-0.1, -0.05) is 0 Å². The lowest BCUT2D eigenvalue weighted by Gasteiger charge is -1.96. The lowest BCUT2D eigenvalue weighted by molar-refractivity contribution is 0.124. The Bertz CT molecular complexity index is 279. The molecule has 0 radical (unpaired) electrons. The topological polar surface area (TPSA) is 71.9 Å². The summed E-state index contributed by atoms with van der Waals surface area (Å²) in [4.78, 5) is 8.19. The van der Waals surface area contributed by atoms with Crippen molar-refractivity contribution in [2.45, 2.75) is 6.61 Å². The molecule has 4 nitrogen and oxygen atoms in total. The highest BCUT2D eigenvalue weighted by Crippen LogP contribution is 2.01. The second-order valence-corrected chi connectivity index (χ2v) is 2.00. The summed E-state index contributed by atoms with van der Waals surface area (Å²) in [7, 11) is 0. The van der Waals surface area contributed by atoms with E-state index in [1.165, 1.54) is 6.20 Å². The average molecular weight is 149 g/mol. The van der Waals surface area contributed by atoms with Gasteiger partial charge in [-0.3, -0.25) is 9.82 Å². The van der Waals surface area contributed by atoms with Crippen LogP contribution in [-0.4, -0.2) is 4.98 Å². The quantitative estimate of drug-likeness (QED) is 0.615. The molecule has 1 aromatic heterocycles. The lowest BCUT2D eigenvalue weighted by Crippen LogP contribution is -1.99. The zero-order chi connectivity index (χ0) is 8.10. The molecule has 0 spiro atoms. The van der Waals surface area contributed by atoms with Gasteiger partial charge in [-0.25, -0.2) is 5.90 Å². The number of aromatic nitrogens is 1. The van der Waals surface area contributed by atoms with Gasteiger partial charge in [0.05, 0.1) is 12.2 Å². The Morgan fingerprint density at radius 1 is 1.64 bits per heavy atom. The predicted octanol–water partition coefficient (Wildman–Crippen LogP) is 0.344. The number of nitrogens with two attached hydrogens (primary N) is 1. The van der Waals surface area contributed by atoms with Crippen molar-refractivity contribution in [3.05, 3.63) is 29.6 Å². The van der Waals surface area contributed by atoms with Crippen molar-refractivity contribution in [1.82, 2.24) is 4.98 Å². The molecular formula is C7H7N3O. The molecule has 0 saturated heterocycles. The number of hydrogen-bond donors (Lipinski definition) is 1. The molecule has 4 heteroatoms. The fourth-order valence-corrected chi connectivity index (χ4v) is 0.724. The Morgan fingerprint density at radius 2 is 2.45 bits per heavy atom. The van der Waals surface area contributed by atoms with Gasteiger partial charge in [0.1, 0.15) is 6.07 Å². The number of nitrogens with zero attached hydrogens (tertiary/aromatic N) is 2. The Hall–Kier alpha value is -1.44. The van der Waals surface area contributed by atoms with E-state index < -0.39 is 0 Å². The molecule has 0 aliphatic rings. The maximum absolute atomic E-state index is 8.47. The minimum Gasteiger partial charge on any atom is -0.300 e. The van der Waals surface area contributed by atoms with E-state index in [0.29, 0.717) is 5.56 Å². The maximum Gasteiger partial charge on any atom is 0.101 e. The Balaban J connectivity index is 2.85. The van der Waals surface area contributed by atoms with Gasteiger partial charge in [0.25, 0.3) is 0 Å². The summed E-state index contributed by atoms with van der Waals surface area (Å²) in [5, 5.41) is 8.47. The molecule has 0 unspecified atom stereocenters. The van der Waals surface area contributed by atoms with Crippen molar-refractivity contribution in [3.8, 4) is 6.07 Å². The highest BCUT2D eigenvalue weighted by atomic mass is 16.6. The number of rotatable bonds is 2. The van der Waals surface area contributed by atoms with Gasteiger partial charge in [0, 0.05) is 12.4 Å². The molecule has 0 aromatic carbocycles. The summed E-state index contributed by atoms with van der Waals surface area (Å²) in [5.41, 5.74) is 1.31. The number of hydrogen-bond acceptors (Lipinski definition) is 4. The van der Waals surface area contributed by atoms with Crippen molar-refractivity contribution in [3.63, 3.8) is 0 Å². The first-order chi connectivity index (χ1) is 5.36. The number of nitriles is 1. The largest absolute Gasteiger partial charge is 0.300 e. The SMILES string of the molecule is N#Cc1cncc(CON)c1. The van der Waals surface area contributed by atoms with Gasteiger partial charge in [-0.2, -0.15) is 5.26 Å². The van der Waals surface area contributed by atoms with Crippen LogP contribution in [-0.2, 0) is 11.4 Å². The van der Waals surface area contributed by atoms with Crippen LogP contribution in [0.25, 0.3) is 0 Å². The van der Waals surface area contributed by atoms with E-state index in [1.807, 2.05) is 6.07 Å². The van der Waals surface area contributed by atoms with E-state index in [9.17, 15) is 0 Å². The molecule has 1 aromatic rings. The van der Waals surface area contributed by atoms with Gasteiger partial charge >= 0.3 is 0 Å². The third-order valence-electron chi connectivity index (χ3n) is 1.17. The predicted molar refractivity (Wildman–Crippen MR) is 37.9 cm³/mol. The minimum absolute atomic E-state index is 0.280. The molecular weight excluding hydrogens is 142 g/mol. The van der Waals surface area contributed by atoms with Crippen LogP contribution in [0, 0.1) is 11.3 Å². The Kier molecular flexibility index (Phi) is 2.55. The molecule has 11 heavy (non-hydrogen) atoms. The molecule has 0 saturated carbocycles. The third kappa shape index (κ3) is 2.00. The van der Waals surface area contributed by atoms with Crippen molar-refractivity contribution in [2.24, 2.45) is 5.90 Å². The third-order valence-corrected chi connectivity index (χ3v) is 1.17. The van der Waals surface area contributed by atoms with Crippen LogP contribution < -0.4 is 5.90 Å². The second kappa shape index (κ2) is 3.66. The summed E-state index contributed by atoms with van der Waals surface area (Å²) in [6, 6.07) is 3.65. The molecule has 0 aliphatic carbocycles. The van der Waals surface area contributed by atoms with E-state index in [2.05, 4.69) is 9.82 Å². The first-order valence-electron chi connectivity index (χ1n) is 3.02. The van der Waals surface area contributed by atoms with Gasteiger partial charge in [0.2, 0.25) is 0 Å². The zero-order valence-corrected chi connectivity index (χ0v) is 5.82. The fourth-order valence-electron chi connectivity index (χ4n) is 0.724. The van der Waals surface area contributed by atoms with Crippen molar-refractivity contribution in [2.75, 3.05) is 0 Å². The highest BCUT2D eigenvalue weighted by molar-refractivity contribution is 5.28. The first-order valence-corrected chi connectivity index (χ1v) is 3.02. The molecule has 2 N–H and O–H groups in total. The molecule has 56 valence electrons. The van der Waals surface area contributed by atoms with E-state index in [-0.39, 0.29) is 6.61 Å². The fraction of sp³-hybridized carbons (Fsp3) is 0.143. The van der Waals surface area contributed by atoms with Gasteiger partial charge < -0.3 is 0 Å². The second-order valence-electron chi connectivity index (χ2n) is 2.00. The molecule has 0 atom stereocenters. The van der Waals surface area contributed by atoms with Crippen LogP contribution in [0.2, 0.25) is 0 Å². The molecule has 0 aliphatic heterocycles. The first kappa shape index (κ1) is 7.66. The van der Waals surface area contributed by atoms with E-state index in [1.54, 1.807) is 12.3 Å². The summed E-state index contributed by atoms with van der Waals surface area (Å²) >= 11 is 0. The smallest absolute Gasteiger partial charge is 0.101 e. The maximum atomic E-state index is 8.47. The van der Waals surface area contributed by atoms with Crippen LogP contribution in [0.4, 0.5) is 0 Å². The summed E-state index contributed by atoms with van der Waals surface area (Å²) in [6.45, 7) is 0.280. The molecule has 1 heterocycles. The lowest BCUT2D eigenvalue weighted by atomic mass is 10.2. The van der Waals surface area contributed by atoms with E-state index in [0.717, 1.165) is 5.56 Å². The normalized spacial score (nSPS) is 9.09. The van der Waals surface area contributed by atoms with E-state index in [4.69, 9.17) is 11.2 Å². The molecule has 0 bridgehead atoms. The van der Waals surface area contributed by atoms with Crippen LogP contribution >= 0.6 is 0 Å². The molecule has 0 amide bonds. The van der Waals surface area contributed by atoms with Crippen LogP contribution in [0.5, 0.6) is 0 Å².